The Morgan fingerprint density at radius 1 is 0.750 bits per heavy atom. The van der Waals surface area contributed by atoms with Crippen molar-refractivity contribution >= 4 is 6.29 Å². The van der Waals surface area contributed by atoms with Gasteiger partial charge in [0.05, 0.1) is 6.61 Å². The zero-order valence-corrected chi connectivity index (χ0v) is 11.0. The molecule has 2 atom stereocenters. The second-order valence-corrected chi connectivity index (χ2v) is 2.33. The topological polar surface area (TPSA) is 331 Å². The predicted octanol–water partition coefficient (Wildman–Crippen LogP) is -3.49. The molecule has 0 aromatic rings. The third kappa shape index (κ3) is 292. The summed E-state index contributed by atoms with van der Waals surface area (Å²) in [5.74, 6) is 0. The van der Waals surface area contributed by atoms with E-state index in [1.807, 2.05) is 0 Å². The Kier molecular flexibility index (Phi) is 32.8. The first-order valence-corrected chi connectivity index (χ1v) is 4.40. The van der Waals surface area contributed by atoms with Crippen molar-refractivity contribution in [3.63, 3.8) is 0 Å². The lowest BCUT2D eigenvalue weighted by Gasteiger charge is -2.06. The van der Waals surface area contributed by atoms with E-state index < -0.39 is 39.2 Å². The second-order valence-electron chi connectivity index (χ2n) is 2.33. The van der Waals surface area contributed by atoms with E-state index in [1.54, 1.807) is 0 Å². The summed E-state index contributed by atoms with van der Waals surface area (Å²) >= 11 is 0. The van der Waals surface area contributed by atoms with Crippen molar-refractivity contribution in [1.29, 1.82) is 0 Å². The quantitative estimate of drug-likeness (QED) is 0.143. The predicted molar refractivity (Wildman–Crippen MR) is 60.3 cm³/mol. The van der Waals surface area contributed by atoms with Crippen LogP contribution in [0, 0.1) is 40.5 Å². The molecule has 2 unspecified atom stereocenters. The standard InChI is InChI=1S/C4H8O4.4HNO3/c5-1-3(7)4(8)2-6;4*2-1(3)4/h1,3-4,6-8H,2H2;4*(H,2,3,4). The largest absolute Gasteiger partial charge is 0.394 e. The van der Waals surface area contributed by atoms with Gasteiger partial charge in [-0.3, -0.25) is 0 Å². The molecule has 0 rings (SSSR count). The number of carbonyl (C=O) groups is 1. The van der Waals surface area contributed by atoms with Gasteiger partial charge in [0.25, 0.3) is 20.3 Å². The number of nitrogens with zero attached hydrogens (tertiary/aromatic N) is 4. The van der Waals surface area contributed by atoms with Crippen molar-refractivity contribution in [2.24, 2.45) is 0 Å². The van der Waals surface area contributed by atoms with E-state index in [0.717, 1.165) is 0 Å². The molecule has 0 aromatic heterocycles. The highest BCUT2D eigenvalue weighted by atomic mass is 16.9. The van der Waals surface area contributed by atoms with E-state index in [9.17, 15) is 4.79 Å². The van der Waals surface area contributed by atoms with Gasteiger partial charge in [-0.05, 0) is 0 Å². The van der Waals surface area contributed by atoms with Crippen LogP contribution in [0.15, 0.2) is 0 Å². The molecular weight excluding hydrogens is 360 g/mol. The van der Waals surface area contributed by atoms with Crippen LogP contribution in [-0.2, 0) is 4.79 Å². The molecule has 20 heteroatoms. The van der Waals surface area contributed by atoms with Crippen LogP contribution in [-0.4, -0.2) is 81.6 Å². The SMILES string of the molecule is O=CC(O)C(O)CO.O=[N+]([O-])O.O=[N+]([O-])O.O=[N+]([O-])O.O=[N+]([O-])O. The van der Waals surface area contributed by atoms with E-state index in [-0.39, 0.29) is 6.29 Å². The van der Waals surface area contributed by atoms with Crippen molar-refractivity contribution in [3.8, 4) is 0 Å². The lowest BCUT2D eigenvalue weighted by atomic mass is 10.2. The lowest BCUT2D eigenvalue weighted by Crippen LogP contribution is -2.30. The molecule has 0 aliphatic carbocycles. The van der Waals surface area contributed by atoms with Gasteiger partial charge in [0.2, 0.25) is 0 Å². The van der Waals surface area contributed by atoms with Crippen LogP contribution in [0.25, 0.3) is 0 Å². The fourth-order valence-electron chi connectivity index (χ4n) is 0.199. The van der Waals surface area contributed by atoms with Crippen LogP contribution in [0.4, 0.5) is 0 Å². The summed E-state index contributed by atoms with van der Waals surface area (Å²) in [6.07, 6.45) is -2.63. The van der Waals surface area contributed by atoms with Crippen LogP contribution < -0.4 is 0 Å². The average molecular weight is 372 g/mol. The van der Waals surface area contributed by atoms with Gasteiger partial charge in [-0.1, -0.05) is 0 Å². The molecule has 24 heavy (non-hydrogen) atoms. The van der Waals surface area contributed by atoms with Crippen LogP contribution >= 0.6 is 0 Å². The Morgan fingerprint density at radius 2 is 0.917 bits per heavy atom. The first-order chi connectivity index (χ1) is 10.6. The Balaban J connectivity index is -0.0000000657. The molecule has 0 heterocycles. The Bertz CT molecular complexity index is 294. The van der Waals surface area contributed by atoms with Crippen LogP contribution in [0.3, 0.4) is 0 Å². The Hall–Kier alpha value is -3.65. The van der Waals surface area contributed by atoms with Crippen molar-refractivity contribution in [2.75, 3.05) is 6.61 Å². The maximum Gasteiger partial charge on any atom is 0.291 e. The highest BCUT2D eigenvalue weighted by Crippen LogP contribution is 1.85. The molecule has 0 aliphatic rings. The monoisotopic (exact) mass is 372 g/mol. The van der Waals surface area contributed by atoms with E-state index in [0.29, 0.717) is 0 Å². The normalized spacial score (nSPS) is 9.79. The molecule has 0 fully saturated rings. The van der Waals surface area contributed by atoms with Gasteiger partial charge in [-0.15, -0.1) is 40.5 Å². The van der Waals surface area contributed by atoms with Gasteiger partial charge >= 0.3 is 0 Å². The highest BCUT2D eigenvalue weighted by Gasteiger charge is 2.12. The number of hydrogen-bond acceptors (Lipinski definition) is 12. The van der Waals surface area contributed by atoms with Crippen molar-refractivity contribution < 1.29 is 61.3 Å². The highest BCUT2D eigenvalue weighted by molar-refractivity contribution is 5.56. The number of aliphatic hydroxyl groups is 3. The number of carbonyl (C=O) groups excluding carboxylic acids is 1. The van der Waals surface area contributed by atoms with Gasteiger partial charge < -0.3 is 40.9 Å². The lowest BCUT2D eigenvalue weighted by molar-refractivity contribution is -0.742. The molecule has 0 aliphatic heterocycles. The molecule has 7 N–H and O–H groups in total. The second kappa shape index (κ2) is 24.4. The summed E-state index contributed by atoms with van der Waals surface area (Å²) in [7, 11) is 0. The van der Waals surface area contributed by atoms with E-state index in [4.69, 9.17) is 76.6 Å². The van der Waals surface area contributed by atoms with Crippen molar-refractivity contribution in [3.05, 3.63) is 40.5 Å². The third-order valence-corrected chi connectivity index (χ3v) is 0.721. The van der Waals surface area contributed by atoms with E-state index in [2.05, 4.69) is 0 Å². The summed E-state index contributed by atoms with van der Waals surface area (Å²) in [5.41, 5.74) is 0. The first-order valence-electron chi connectivity index (χ1n) is 4.40. The zero-order chi connectivity index (χ0) is 20.9. The molecule has 0 saturated heterocycles. The average Bonchev–Trinajstić information content (AvgIpc) is 2.34. The van der Waals surface area contributed by atoms with Crippen LogP contribution in [0.5, 0.6) is 0 Å². The van der Waals surface area contributed by atoms with E-state index in [1.165, 1.54) is 0 Å². The van der Waals surface area contributed by atoms with Gasteiger partial charge in [-0.2, -0.15) is 0 Å². The van der Waals surface area contributed by atoms with Crippen LogP contribution in [0.2, 0.25) is 0 Å². The summed E-state index contributed by atoms with van der Waals surface area (Å²) in [4.78, 5) is 43.0. The minimum Gasteiger partial charge on any atom is -0.394 e. The van der Waals surface area contributed by atoms with Gasteiger partial charge in [-0.25, -0.2) is 0 Å². The number of aldehydes is 1. The molecule has 0 saturated carbocycles. The molecule has 20 nitrogen and oxygen atoms in total. The summed E-state index contributed by atoms with van der Waals surface area (Å²) in [6.45, 7) is -0.597. The number of aliphatic hydroxyl groups excluding tert-OH is 3. The van der Waals surface area contributed by atoms with Crippen molar-refractivity contribution in [2.45, 2.75) is 12.2 Å². The molecule has 0 amide bonds. The number of hydrogen-bond donors (Lipinski definition) is 7. The van der Waals surface area contributed by atoms with Gasteiger partial charge in [0, 0.05) is 0 Å². The maximum absolute atomic E-state index is 9.58. The van der Waals surface area contributed by atoms with Crippen LogP contribution in [0.1, 0.15) is 0 Å². The maximum atomic E-state index is 9.58. The van der Waals surface area contributed by atoms with Gasteiger partial charge in [0.1, 0.15) is 12.2 Å². The minimum absolute atomic E-state index is 0.168. The molecule has 0 aromatic carbocycles. The molecule has 144 valence electrons. The smallest absolute Gasteiger partial charge is 0.291 e. The summed E-state index contributed by atoms with van der Waals surface area (Å²) in [5, 5.41) is 79.4. The fraction of sp³-hybridized carbons (Fsp3) is 0.750. The first kappa shape index (κ1) is 32.3. The Morgan fingerprint density at radius 3 is 0.958 bits per heavy atom. The summed E-state index contributed by atoms with van der Waals surface area (Å²) < 4.78 is 0. The molecule has 0 radical (unpaired) electrons. The summed E-state index contributed by atoms with van der Waals surface area (Å²) in [6, 6.07) is 0. The molecular formula is C4H12N4O16. The molecule has 0 spiro atoms. The fourth-order valence-corrected chi connectivity index (χ4v) is 0.199. The Labute approximate surface area is 128 Å². The van der Waals surface area contributed by atoms with Gasteiger partial charge in [0.15, 0.2) is 6.29 Å². The third-order valence-electron chi connectivity index (χ3n) is 0.721. The number of rotatable bonds is 3. The molecule has 0 bridgehead atoms. The van der Waals surface area contributed by atoms with E-state index >= 15 is 0 Å². The van der Waals surface area contributed by atoms with Crippen molar-refractivity contribution in [1.82, 2.24) is 0 Å². The minimum atomic E-state index is -1.50. The zero-order valence-electron chi connectivity index (χ0n) is 11.0.